The van der Waals surface area contributed by atoms with E-state index in [9.17, 15) is 5.11 Å². The van der Waals surface area contributed by atoms with Crippen LogP contribution in [-0.4, -0.2) is 83.9 Å². The van der Waals surface area contributed by atoms with Crippen LogP contribution < -0.4 is 28.6 Å². The van der Waals surface area contributed by atoms with E-state index in [1.54, 1.807) is 40.6 Å². The van der Waals surface area contributed by atoms with Crippen LogP contribution in [0.3, 0.4) is 0 Å². The van der Waals surface area contributed by atoms with Crippen molar-refractivity contribution in [2.75, 3.05) is 72.7 Å². The first kappa shape index (κ1) is 22.8. The lowest BCUT2D eigenvalue weighted by molar-refractivity contribution is 0.0661. The van der Waals surface area contributed by atoms with Crippen molar-refractivity contribution in [3.05, 3.63) is 36.4 Å². The number of methoxy groups -OCH3 is 4. The van der Waals surface area contributed by atoms with E-state index in [1.165, 1.54) is 0 Å². The standard InChI is InChI=1S/C23H32N2O6/c1-27-19-7-5-6-17(12-19)25-10-8-24(9-11-25)15-18(26)16-31-20-13-21(28-2)23(30-4)22(14-20)29-3/h5-7,12-14,18,26H,8-11,15-16H2,1-4H3. The van der Waals surface area contributed by atoms with Crippen LogP contribution >= 0.6 is 0 Å². The molecule has 0 spiro atoms. The van der Waals surface area contributed by atoms with Crippen molar-refractivity contribution in [1.29, 1.82) is 0 Å². The zero-order chi connectivity index (χ0) is 22.2. The molecule has 0 aromatic heterocycles. The van der Waals surface area contributed by atoms with Crippen LogP contribution in [0.15, 0.2) is 36.4 Å². The minimum Gasteiger partial charge on any atom is -0.497 e. The molecule has 1 saturated heterocycles. The molecule has 1 N–H and O–H groups in total. The first-order valence-corrected chi connectivity index (χ1v) is 10.3. The lowest BCUT2D eigenvalue weighted by Crippen LogP contribution is -2.49. The van der Waals surface area contributed by atoms with Gasteiger partial charge in [0.1, 0.15) is 24.2 Å². The Bertz CT molecular complexity index is 814. The molecule has 8 heteroatoms. The molecule has 0 aliphatic carbocycles. The van der Waals surface area contributed by atoms with Crippen molar-refractivity contribution >= 4 is 5.69 Å². The number of piperazine rings is 1. The summed E-state index contributed by atoms with van der Waals surface area (Å²) < 4.78 is 27.1. The second-order valence-corrected chi connectivity index (χ2v) is 7.32. The highest BCUT2D eigenvalue weighted by molar-refractivity contribution is 5.56. The van der Waals surface area contributed by atoms with Crippen molar-refractivity contribution in [3.63, 3.8) is 0 Å². The third kappa shape index (κ3) is 5.86. The lowest BCUT2D eigenvalue weighted by Gasteiger charge is -2.37. The first-order chi connectivity index (χ1) is 15.1. The summed E-state index contributed by atoms with van der Waals surface area (Å²) in [5.74, 6) is 2.95. The third-order valence-corrected chi connectivity index (χ3v) is 5.34. The number of hydrogen-bond donors (Lipinski definition) is 1. The molecule has 0 amide bonds. The fraction of sp³-hybridized carbons (Fsp3) is 0.478. The largest absolute Gasteiger partial charge is 0.497 e. The maximum Gasteiger partial charge on any atom is 0.203 e. The highest BCUT2D eigenvalue weighted by Gasteiger charge is 2.21. The topological polar surface area (TPSA) is 72.9 Å². The van der Waals surface area contributed by atoms with E-state index in [0.717, 1.165) is 37.6 Å². The number of β-amino-alcohol motifs (C(OH)–C–C–N with tert-alkyl or cyclic N) is 1. The van der Waals surface area contributed by atoms with Crippen LogP contribution in [0.4, 0.5) is 5.69 Å². The zero-order valence-corrected chi connectivity index (χ0v) is 18.7. The molecule has 0 bridgehead atoms. The molecule has 2 aromatic rings. The Hall–Kier alpha value is -2.84. The third-order valence-electron chi connectivity index (χ3n) is 5.34. The van der Waals surface area contributed by atoms with Gasteiger partial charge in [0.2, 0.25) is 5.75 Å². The minimum absolute atomic E-state index is 0.175. The number of hydrogen-bond acceptors (Lipinski definition) is 8. The van der Waals surface area contributed by atoms with Crippen molar-refractivity contribution in [2.45, 2.75) is 6.10 Å². The summed E-state index contributed by atoms with van der Waals surface area (Å²) in [5, 5.41) is 10.5. The predicted molar refractivity (Wildman–Crippen MR) is 119 cm³/mol. The number of nitrogens with zero attached hydrogens (tertiary/aromatic N) is 2. The number of aliphatic hydroxyl groups excluding tert-OH is 1. The molecule has 31 heavy (non-hydrogen) atoms. The molecule has 1 aliphatic heterocycles. The molecule has 1 heterocycles. The molecule has 1 aliphatic rings. The Morgan fingerprint density at radius 3 is 2.10 bits per heavy atom. The Kier molecular flexibility index (Phi) is 8.08. The molecular formula is C23H32N2O6. The summed E-state index contributed by atoms with van der Waals surface area (Å²) in [5.41, 5.74) is 1.16. The molecule has 2 aromatic carbocycles. The molecule has 170 valence electrons. The Morgan fingerprint density at radius 1 is 0.839 bits per heavy atom. The van der Waals surface area contributed by atoms with Gasteiger partial charge >= 0.3 is 0 Å². The van der Waals surface area contributed by atoms with Crippen molar-refractivity contribution < 1.29 is 28.8 Å². The van der Waals surface area contributed by atoms with E-state index in [2.05, 4.69) is 21.9 Å². The van der Waals surface area contributed by atoms with Gasteiger partial charge in [0.25, 0.3) is 0 Å². The number of aliphatic hydroxyl groups is 1. The van der Waals surface area contributed by atoms with E-state index >= 15 is 0 Å². The van der Waals surface area contributed by atoms with Crippen molar-refractivity contribution in [3.8, 4) is 28.7 Å². The smallest absolute Gasteiger partial charge is 0.203 e. The summed E-state index contributed by atoms with van der Waals surface area (Å²) >= 11 is 0. The molecular weight excluding hydrogens is 400 g/mol. The fourth-order valence-electron chi connectivity index (χ4n) is 3.68. The number of ether oxygens (including phenoxy) is 5. The van der Waals surface area contributed by atoms with E-state index in [4.69, 9.17) is 23.7 Å². The van der Waals surface area contributed by atoms with Gasteiger partial charge in [0, 0.05) is 56.6 Å². The summed E-state index contributed by atoms with van der Waals surface area (Å²) in [6.07, 6.45) is -0.609. The van der Waals surface area contributed by atoms with Gasteiger partial charge in [-0.15, -0.1) is 0 Å². The van der Waals surface area contributed by atoms with E-state index in [1.807, 2.05) is 12.1 Å². The number of benzene rings is 2. The summed E-state index contributed by atoms with van der Waals surface area (Å²) in [6, 6.07) is 11.5. The van der Waals surface area contributed by atoms with Gasteiger partial charge in [-0.05, 0) is 12.1 Å². The maximum absolute atomic E-state index is 10.5. The van der Waals surface area contributed by atoms with Crippen LogP contribution in [0, 0.1) is 0 Å². The SMILES string of the molecule is COc1cccc(N2CCN(CC(O)COc3cc(OC)c(OC)c(OC)c3)CC2)c1. The van der Waals surface area contributed by atoms with Gasteiger partial charge in [0.05, 0.1) is 28.4 Å². The Labute approximate surface area is 183 Å². The molecule has 8 nitrogen and oxygen atoms in total. The van der Waals surface area contributed by atoms with Crippen LogP contribution in [0.5, 0.6) is 28.7 Å². The normalized spacial score (nSPS) is 15.3. The maximum atomic E-state index is 10.5. The Balaban J connectivity index is 1.49. The lowest BCUT2D eigenvalue weighted by atomic mass is 10.2. The molecule has 3 rings (SSSR count). The molecule has 1 fully saturated rings. The second-order valence-electron chi connectivity index (χ2n) is 7.32. The second kappa shape index (κ2) is 11.0. The highest BCUT2D eigenvalue weighted by Crippen LogP contribution is 2.40. The van der Waals surface area contributed by atoms with E-state index in [0.29, 0.717) is 29.5 Å². The van der Waals surface area contributed by atoms with Crippen LogP contribution in [0.25, 0.3) is 0 Å². The zero-order valence-electron chi connectivity index (χ0n) is 18.7. The van der Waals surface area contributed by atoms with Crippen molar-refractivity contribution in [1.82, 2.24) is 4.90 Å². The summed E-state index contributed by atoms with van der Waals surface area (Å²) in [7, 11) is 6.35. The average molecular weight is 433 g/mol. The minimum atomic E-state index is -0.609. The van der Waals surface area contributed by atoms with Crippen molar-refractivity contribution in [2.24, 2.45) is 0 Å². The monoisotopic (exact) mass is 432 g/mol. The van der Waals surface area contributed by atoms with Gasteiger partial charge < -0.3 is 33.7 Å². The van der Waals surface area contributed by atoms with Crippen LogP contribution in [0.1, 0.15) is 0 Å². The number of rotatable bonds is 10. The number of anilines is 1. The fourth-order valence-corrected chi connectivity index (χ4v) is 3.68. The first-order valence-electron chi connectivity index (χ1n) is 10.3. The quantitative estimate of drug-likeness (QED) is 0.613. The van der Waals surface area contributed by atoms with Gasteiger partial charge in [-0.25, -0.2) is 0 Å². The van der Waals surface area contributed by atoms with Crippen LogP contribution in [-0.2, 0) is 0 Å². The average Bonchev–Trinajstić information content (AvgIpc) is 2.82. The van der Waals surface area contributed by atoms with Gasteiger partial charge in [0.15, 0.2) is 11.5 Å². The summed E-state index contributed by atoms with van der Waals surface area (Å²) in [6.45, 7) is 4.27. The highest BCUT2D eigenvalue weighted by atomic mass is 16.5. The molecule has 0 radical (unpaired) electrons. The van der Waals surface area contributed by atoms with Crippen LogP contribution in [0.2, 0.25) is 0 Å². The molecule has 1 unspecified atom stereocenters. The summed E-state index contributed by atoms with van der Waals surface area (Å²) in [4.78, 5) is 4.58. The van der Waals surface area contributed by atoms with E-state index in [-0.39, 0.29) is 6.61 Å². The molecule has 1 atom stereocenters. The molecule has 0 saturated carbocycles. The Morgan fingerprint density at radius 2 is 1.52 bits per heavy atom. The predicted octanol–water partition coefficient (Wildman–Crippen LogP) is 2.28. The van der Waals surface area contributed by atoms with Gasteiger partial charge in [-0.1, -0.05) is 6.07 Å². The van der Waals surface area contributed by atoms with Gasteiger partial charge in [-0.3, -0.25) is 4.90 Å². The van der Waals surface area contributed by atoms with E-state index < -0.39 is 6.10 Å². The van der Waals surface area contributed by atoms with Gasteiger partial charge in [-0.2, -0.15) is 0 Å².